The van der Waals surface area contributed by atoms with E-state index in [-0.39, 0.29) is 17.5 Å². The first kappa shape index (κ1) is 22.3. The van der Waals surface area contributed by atoms with Gasteiger partial charge in [0.05, 0.1) is 6.33 Å². The summed E-state index contributed by atoms with van der Waals surface area (Å²) in [7, 11) is 0. The first-order valence-corrected chi connectivity index (χ1v) is 8.99. The molecule has 2 aliphatic rings. The molecule has 14 heteroatoms. The summed E-state index contributed by atoms with van der Waals surface area (Å²) in [5.74, 6) is -3.65. The lowest BCUT2D eigenvalue weighted by atomic mass is 9.73. The third-order valence-corrected chi connectivity index (χ3v) is 5.53. The molecule has 3 heterocycles. The Hall–Kier alpha value is -2.42. The van der Waals surface area contributed by atoms with Crippen LogP contribution in [-0.2, 0) is 24.3 Å². The molecule has 7 N–H and O–H groups in total. The maximum atomic E-state index is 12.5. The van der Waals surface area contributed by atoms with E-state index in [4.69, 9.17) is 22.1 Å². The predicted molar refractivity (Wildman–Crippen MR) is 99.1 cm³/mol. The van der Waals surface area contributed by atoms with Crippen LogP contribution in [0, 0.1) is 0 Å². The summed E-state index contributed by atoms with van der Waals surface area (Å²) in [6.07, 6.45) is -4.97. The summed E-state index contributed by atoms with van der Waals surface area (Å²) in [4.78, 5) is 44.1. The van der Waals surface area contributed by atoms with E-state index >= 15 is 0 Å². The number of nitrogens with zero attached hydrogens (tertiary/aromatic N) is 3. The number of guanidine groups is 1. The van der Waals surface area contributed by atoms with E-state index < -0.39 is 52.2 Å². The van der Waals surface area contributed by atoms with Crippen molar-refractivity contribution in [2.24, 2.45) is 10.7 Å². The van der Waals surface area contributed by atoms with Crippen LogP contribution in [0.1, 0.15) is 32.7 Å². The van der Waals surface area contributed by atoms with Gasteiger partial charge in [0.2, 0.25) is 5.60 Å². The van der Waals surface area contributed by atoms with Gasteiger partial charge in [0.25, 0.3) is 5.18 Å². The fraction of sp³-hybridized carbons (Fsp3) is 0.562. The van der Waals surface area contributed by atoms with Gasteiger partial charge in [0.15, 0.2) is 40.8 Å². The molecule has 0 radical (unpaired) electrons. The summed E-state index contributed by atoms with van der Waals surface area (Å²) < 4.78 is 6.45. The number of aliphatic hydroxyl groups is 4. The van der Waals surface area contributed by atoms with E-state index in [0.717, 1.165) is 31.7 Å². The number of fused-ring (bicyclic) bond motifs is 1. The van der Waals surface area contributed by atoms with Crippen LogP contribution in [0.2, 0.25) is 0 Å². The quantitative estimate of drug-likeness (QED) is 0.205. The Morgan fingerprint density at radius 2 is 1.80 bits per heavy atom. The smallest absolute Gasteiger partial charge is 0.285 e. The number of alkyl halides is 1. The van der Waals surface area contributed by atoms with Crippen molar-refractivity contribution in [2.75, 3.05) is 5.32 Å². The third kappa shape index (κ3) is 2.78. The molecule has 0 spiro atoms. The number of Topliss-reactive ketones (excluding diaryl/α,β-unsaturated/α-hetero) is 3. The lowest BCUT2D eigenvalue weighted by Gasteiger charge is -2.38. The van der Waals surface area contributed by atoms with E-state index in [2.05, 4.69) is 15.3 Å². The minimum Gasteiger partial charge on any atom is -0.382 e. The minimum absolute atomic E-state index is 0.173. The molecule has 1 saturated heterocycles. The zero-order valence-electron chi connectivity index (χ0n) is 16.0. The normalized spacial score (nSPS) is 36.5. The molecule has 0 bridgehead atoms. The van der Waals surface area contributed by atoms with Gasteiger partial charge in [-0.05, 0) is 20.8 Å². The Morgan fingerprint density at radius 1 is 1.23 bits per heavy atom. The summed E-state index contributed by atoms with van der Waals surface area (Å²) in [6.45, 7) is 2.72. The topological polar surface area (TPSA) is 210 Å². The molecule has 1 aromatic heterocycles. The van der Waals surface area contributed by atoms with E-state index in [9.17, 15) is 34.8 Å². The number of halogens is 1. The van der Waals surface area contributed by atoms with Crippen molar-refractivity contribution in [1.82, 2.24) is 9.55 Å². The highest BCUT2D eigenvalue weighted by atomic mass is 35.5. The average Bonchev–Trinajstić information content (AvgIpc) is 3.13. The van der Waals surface area contributed by atoms with Crippen molar-refractivity contribution in [1.29, 1.82) is 0 Å². The van der Waals surface area contributed by atoms with E-state index in [1.54, 1.807) is 0 Å². The summed E-state index contributed by atoms with van der Waals surface area (Å²) in [5.41, 5.74) is -0.663. The second-order valence-electron chi connectivity index (χ2n) is 7.17. The van der Waals surface area contributed by atoms with Gasteiger partial charge in [-0.25, -0.2) is 4.98 Å². The number of nitrogens with one attached hydrogen (secondary N) is 1. The Balaban J connectivity index is 2.24. The average molecular weight is 446 g/mol. The monoisotopic (exact) mass is 445 g/mol. The number of ketones is 3. The molecule has 1 aromatic rings. The molecule has 1 fully saturated rings. The van der Waals surface area contributed by atoms with Crippen molar-refractivity contribution in [3.05, 3.63) is 12.0 Å². The van der Waals surface area contributed by atoms with E-state index in [0.29, 0.717) is 0 Å². The minimum atomic E-state index is -3.00. The second kappa shape index (κ2) is 6.80. The van der Waals surface area contributed by atoms with Gasteiger partial charge >= 0.3 is 0 Å². The molecule has 0 aliphatic carbocycles. The Morgan fingerprint density at radius 3 is 2.30 bits per heavy atom. The second-order valence-corrected chi connectivity index (χ2v) is 7.69. The molecule has 6 atom stereocenters. The number of hydrogen-bond acceptors (Lipinski definition) is 12. The Labute approximate surface area is 174 Å². The highest BCUT2D eigenvalue weighted by Crippen LogP contribution is 2.50. The van der Waals surface area contributed by atoms with Crippen molar-refractivity contribution in [3.8, 4) is 0 Å². The number of anilines is 1. The summed E-state index contributed by atoms with van der Waals surface area (Å²) in [5, 5.41) is 43.0. The highest BCUT2D eigenvalue weighted by Gasteiger charge is 2.73. The van der Waals surface area contributed by atoms with Crippen LogP contribution in [-0.4, -0.2) is 76.7 Å². The molecule has 164 valence electrons. The highest BCUT2D eigenvalue weighted by molar-refractivity contribution is 6.24. The fourth-order valence-corrected chi connectivity index (χ4v) is 3.92. The first-order valence-electron chi connectivity index (χ1n) is 8.61. The number of rotatable bonds is 5. The first-order chi connectivity index (χ1) is 13.7. The molecule has 13 nitrogen and oxygen atoms in total. The van der Waals surface area contributed by atoms with Gasteiger partial charge in [0, 0.05) is 0 Å². The van der Waals surface area contributed by atoms with Gasteiger partial charge in [-0.1, -0.05) is 11.6 Å². The van der Waals surface area contributed by atoms with Gasteiger partial charge in [-0.3, -0.25) is 19.0 Å². The van der Waals surface area contributed by atoms with Crippen molar-refractivity contribution in [2.45, 2.75) is 55.6 Å². The molecule has 30 heavy (non-hydrogen) atoms. The van der Waals surface area contributed by atoms with Crippen LogP contribution in [0.15, 0.2) is 11.3 Å². The molecule has 0 aromatic carbocycles. The Bertz CT molecular complexity index is 977. The lowest BCUT2D eigenvalue weighted by Crippen LogP contribution is -2.67. The van der Waals surface area contributed by atoms with Crippen LogP contribution in [0.5, 0.6) is 0 Å². The number of aliphatic hydroxyl groups excluding tert-OH is 1. The zero-order valence-corrected chi connectivity index (χ0v) is 16.8. The van der Waals surface area contributed by atoms with Gasteiger partial charge < -0.3 is 36.2 Å². The van der Waals surface area contributed by atoms with E-state index in [1.807, 2.05) is 0 Å². The third-order valence-electron chi connectivity index (χ3n) is 5.27. The van der Waals surface area contributed by atoms with Gasteiger partial charge in [-0.2, -0.15) is 4.99 Å². The number of ether oxygens (including phenoxy) is 1. The number of carbonyl (C=O) groups excluding carboxylic acids is 3. The van der Waals surface area contributed by atoms with Crippen LogP contribution in [0.3, 0.4) is 0 Å². The Kier molecular flexibility index (Phi) is 5.05. The SMILES string of the molecule is CC(=O)C(O)[C@H]1O[C@@H](n2cnc3c2NC(N)=NC3(O)Cl)[C@@](O)(C(C)=O)[C@@]1(O)C(C)=O. The fourth-order valence-electron chi connectivity index (χ4n) is 3.69. The number of aliphatic imine (C=N–C) groups is 1. The largest absolute Gasteiger partial charge is 0.382 e. The molecular formula is C16H20ClN5O8. The molecule has 2 unspecified atom stereocenters. The van der Waals surface area contributed by atoms with Gasteiger partial charge in [-0.15, -0.1) is 0 Å². The molecular weight excluding hydrogens is 426 g/mol. The van der Waals surface area contributed by atoms with Crippen LogP contribution in [0.25, 0.3) is 0 Å². The summed E-state index contributed by atoms with van der Waals surface area (Å²) in [6, 6.07) is 0. The maximum absolute atomic E-state index is 12.5. The summed E-state index contributed by atoms with van der Waals surface area (Å²) >= 11 is 5.89. The number of nitrogens with two attached hydrogens (primary N) is 1. The molecule has 0 amide bonds. The van der Waals surface area contributed by atoms with E-state index in [1.165, 1.54) is 0 Å². The van der Waals surface area contributed by atoms with Crippen molar-refractivity contribution in [3.63, 3.8) is 0 Å². The lowest BCUT2D eigenvalue weighted by molar-refractivity contribution is -0.184. The zero-order chi connectivity index (χ0) is 22.8. The number of imidazole rings is 1. The maximum Gasteiger partial charge on any atom is 0.285 e. The molecule has 0 saturated carbocycles. The molecule has 2 aliphatic heterocycles. The van der Waals surface area contributed by atoms with Crippen molar-refractivity contribution >= 4 is 40.7 Å². The number of aromatic nitrogens is 2. The van der Waals surface area contributed by atoms with Crippen LogP contribution >= 0.6 is 11.6 Å². The van der Waals surface area contributed by atoms with Gasteiger partial charge in [0.1, 0.15) is 18.0 Å². The van der Waals surface area contributed by atoms with Crippen LogP contribution in [0.4, 0.5) is 5.82 Å². The standard InChI is InChI=1S/C16H20ClN5O8/c1-5(23)8(26)10-14(27,6(2)24)15(28,7(3)25)12(30-10)22-4-19-9-11(22)20-13(18)21-16(9,17)29/h4,8,10,12,26-29H,1-3H3,(H3,18,20,21)/t8?,10-,12-,14-,15+,16?/m1/s1. The molecule has 3 rings (SSSR count). The predicted octanol–water partition coefficient (Wildman–Crippen LogP) is -2.55. The van der Waals surface area contributed by atoms with Crippen molar-refractivity contribution < 1.29 is 39.5 Å². The number of carbonyl (C=O) groups is 3. The van der Waals surface area contributed by atoms with Crippen LogP contribution < -0.4 is 11.1 Å². The number of hydrogen-bond donors (Lipinski definition) is 6.